The Morgan fingerprint density at radius 3 is 2.52 bits per heavy atom. The number of carbonyl (C=O) groups is 2. The maximum absolute atomic E-state index is 13.3. The van der Waals surface area contributed by atoms with Gasteiger partial charge in [-0.05, 0) is 54.7 Å². The summed E-state index contributed by atoms with van der Waals surface area (Å²) in [5, 5.41) is 3.87. The molecule has 2 aromatic rings. The van der Waals surface area contributed by atoms with Crippen LogP contribution in [-0.4, -0.2) is 41.7 Å². The van der Waals surface area contributed by atoms with E-state index in [1.54, 1.807) is 12.0 Å². The SMILES string of the molecule is CC[C@@H](C(=O)NC1CCCC1)N(Cc1ccc(OC)cc1)C(=O)CSCc1cccc(Cl)c1. The van der Waals surface area contributed by atoms with Gasteiger partial charge < -0.3 is 15.0 Å². The number of ether oxygens (including phenoxy) is 1. The molecule has 3 rings (SSSR count). The minimum atomic E-state index is -0.494. The van der Waals surface area contributed by atoms with Gasteiger partial charge in [0.25, 0.3) is 0 Å². The Labute approximate surface area is 206 Å². The average Bonchev–Trinajstić information content (AvgIpc) is 3.32. The molecule has 0 heterocycles. The van der Waals surface area contributed by atoms with Crippen LogP contribution in [-0.2, 0) is 21.9 Å². The molecule has 1 aliphatic rings. The molecule has 33 heavy (non-hydrogen) atoms. The number of carbonyl (C=O) groups excluding carboxylic acids is 2. The number of nitrogens with one attached hydrogen (secondary N) is 1. The largest absolute Gasteiger partial charge is 0.497 e. The molecule has 2 aromatic carbocycles. The zero-order chi connectivity index (χ0) is 23.6. The Balaban J connectivity index is 1.70. The zero-order valence-electron chi connectivity index (χ0n) is 19.4. The first-order valence-corrected chi connectivity index (χ1v) is 13.1. The Kier molecular flexibility index (Phi) is 9.95. The molecule has 0 radical (unpaired) electrons. The van der Waals surface area contributed by atoms with Gasteiger partial charge in [-0.1, -0.05) is 55.6 Å². The van der Waals surface area contributed by atoms with Crippen molar-refractivity contribution in [2.24, 2.45) is 0 Å². The quantitative estimate of drug-likeness (QED) is 0.457. The van der Waals surface area contributed by atoms with Gasteiger partial charge in [-0.3, -0.25) is 9.59 Å². The first-order chi connectivity index (χ1) is 16.0. The van der Waals surface area contributed by atoms with Gasteiger partial charge in [0.2, 0.25) is 11.8 Å². The molecular formula is C26H33ClN2O3S. The smallest absolute Gasteiger partial charge is 0.243 e. The summed E-state index contributed by atoms with van der Waals surface area (Å²) in [6, 6.07) is 15.0. The van der Waals surface area contributed by atoms with Gasteiger partial charge in [0.1, 0.15) is 11.8 Å². The van der Waals surface area contributed by atoms with Gasteiger partial charge in [0, 0.05) is 23.4 Å². The van der Waals surface area contributed by atoms with Crippen LogP contribution in [0.1, 0.15) is 50.2 Å². The summed E-state index contributed by atoms with van der Waals surface area (Å²) in [6.07, 6.45) is 4.90. The van der Waals surface area contributed by atoms with Crippen LogP contribution in [0.2, 0.25) is 5.02 Å². The Bertz CT molecular complexity index is 916. The van der Waals surface area contributed by atoms with Crippen molar-refractivity contribution in [2.75, 3.05) is 12.9 Å². The predicted molar refractivity (Wildman–Crippen MR) is 136 cm³/mol. The molecule has 0 saturated heterocycles. The van der Waals surface area contributed by atoms with Gasteiger partial charge in [0.15, 0.2) is 0 Å². The highest BCUT2D eigenvalue weighted by Gasteiger charge is 2.30. The van der Waals surface area contributed by atoms with Gasteiger partial charge in [-0.15, -0.1) is 11.8 Å². The number of hydrogen-bond acceptors (Lipinski definition) is 4. The third kappa shape index (κ3) is 7.68. The lowest BCUT2D eigenvalue weighted by Gasteiger charge is -2.31. The van der Waals surface area contributed by atoms with Gasteiger partial charge in [0.05, 0.1) is 12.9 Å². The van der Waals surface area contributed by atoms with Crippen LogP contribution < -0.4 is 10.1 Å². The van der Waals surface area contributed by atoms with E-state index in [2.05, 4.69) is 5.32 Å². The predicted octanol–water partition coefficient (Wildman–Crippen LogP) is 5.45. The fourth-order valence-electron chi connectivity index (χ4n) is 4.18. The van der Waals surface area contributed by atoms with Crippen LogP contribution in [0.4, 0.5) is 0 Å². The third-order valence-electron chi connectivity index (χ3n) is 5.98. The maximum Gasteiger partial charge on any atom is 0.243 e. The normalized spacial score (nSPS) is 14.6. The average molecular weight is 489 g/mol. The Morgan fingerprint density at radius 2 is 1.88 bits per heavy atom. The summed E-state index contributed by atoms with van der Waals surface area (Å²) in [5.41, 5.74) is 2.05. The molecule has 1 N–H and O–H groups in total. The van der Waals surface area contributed by atoms with Crippen molar-refractivity contribution in [2.45, 2.75) is 63.4 Å². The molecular weight excluding hydrogens is 456 g/mol. The molecule has 0 bridgehead atoms. The first kappa shape index (κ1) is 25.4. The Hall–Kier alpha value is -2.18. The second kappa shape index (κ2) is 12.9. The van der Waals surface area contributed by atoms with E-state index in [0.717, 1.165) is 42.6 Å². The van der Waals surface area contributed by atoms with E-state index in [4.69, 9.17) is 16.3 Å². The van der Waals surface area contributed by atoms with Crippen molar-refractivity contribution in [3.63, 3.8) is 0 Å². The molecule has 0 aromatic heterocycles. The summed E-state index contributed by atoms with van der Waals surface area (Å²) in [6.45, 7) is 2.35. The lowest BCUT2D eigenvalue weighted by atomic mass is 10.1. The van der Waals surface area contributed by atoms with Crippen molar-refractivity contribution in [1.29, 1.82) is 0 Å². The summed E-state index contributed by atoms with van der Waals surface area (Å²) in [7, 11) is 1.63. The minimum absolute atomic E-state index is 0.0359. The van der Waals surface area contributed by atoms with Crippen molar-refractivity contribution < 1.29 is 14.3 Å². The third-order valence-corrected chi connectivity index (χ3v) is 7.21. The van der Waals surface area contributed by atoms with Crippen LogP contribution in [0, 0.1) is 0 Å². The molecule has 1 atom stereocenters. The lowest BCUT2D eigenvalue weighted by molar-refractivity contribution is -0.139. The van der Waals surface area contributed by atoms with E-state index >= 15 is 0 Å². The highest BCUT2D eigenvalue weighted by molar-refractivity contribution is 7.99. The summed E-state index contributed by atoms with van der Waals surface area (Å²) in [5.74, 6) is 1.67. The topological polar surface area (TPSA) is 58.6 Å². The van der Waals surface area contributed by atoms with E-state index in [1.807, 2.05) is 55.5 Å². The standard InChI is InChI=1S/C26H33ClN2O3S/c1-3-24(26(31)28-22-9-4-5-10-22)29(16-19-11-13-23(32-2)14-12-19)25(30)18-33-17-20-7-6-8-21(27)15-20/h6-8,11-15,22,24H,3-5,9-10,16-18H2,1-2H3,(H,28,31)/t24-/m0/s1. The number of amides is 2. The van der Waals surface area contributed by atoms with E-state index in [1.165, 1.54) is 11.8 Å². The number of nitrogens with zero attached hydrogens (tertiary/aromatic N) is 1. The molecule has 0 spiro atoms. The maximum atomic E-state index is 13.3. The van der Waals surface area contributed by atoms with E-state index in [0.29, 0.717) is 29.5 Å². The van der Waals surface area contributed by atoms with Crippen molar-refractivity contribution in [3.8, 4) is 5.75 Å². The fourth-order valence-corrected chi connectivity index (χ4v) is 5.25. The van der Waals surface area contributed by atoms with Crippen molar-refractivity contribution in [3.05, 3.63) is 64.7 Å². The van der Waals surface area contributed by atoms with Crippen LogP contribution in [0.5, 0.6) is 5.75 Å². The van der Waals surface area contributed by atoms with E-state index in [9.17, 15) is 9.59 Å². The number of rotatable bonds is 11. The highest BCUT2D eigenvalue weighted by Crippen LogP contribution is 2.22. The number of methoxy groups -OCH3 is 1. The zero-order valence-corrected chi connectivity index (χ0v) is 21.0. The second-order valence-corrected chi connectivity index (χ2v) is 9.83. The summed E-state index contributed by atoms with van der Waals surface area (Å²) in [4.78, 5) is 28.2. The summed E-state index contributed by atoms with van der Waals surface area (Å²) >= 11 is 7.61. The summed E-state index contributed by atoms with van der Waals surface area (Å²) < 4.78 is 5.25. The number of thioether (sulfide) groups is 1. The van der Waals surface area contributed by atoms with E-state index < -0.39 is 6.04 Å². The number of halogens is 1. The van der Waals surface area contributed by atoms with Gasteiger partial charge in [-0.25, -0.2) is 0 Å². The molecule has 5 nitrogen and oxygen atoms in total. The number of benzene rings is 2. The van der Waals surface area contributed by atoms with Crippen LogP contribution >= 0.6 is 23.4 Å². The van der Waals surface area contributed by atoms with Gasteiger partial charge >= 0.3 is 0 Å². The first-order valence-electron chi connectivity index (χ1n) is 11.5. The van der Waals surface area contributed by atoms with Crippen molar-refractivity contribution >= 4 is 35.2 Å². The van der Waals surface area contributed by atoms with Crippen LogP contribution in [0.3, 0.4) is 0 Å². The molecule has 1 fully saturated rings. The molecule has 1 aliphatic carbocycles. The van der Waals surface area contributed by atoms with E-state index in [-0.39, 0.29) is 17.9 Å². The molecule has 1 saturated carbocycles. The van der Waals surface area contributed by atoms with Crippen LogP contribution in [0.15, 0.2) is 48.5 Å². The fraction of sp³-hybridized carbons (Fsp3) is 0.462. The molecule has 2 amide bonds. The molecule has 178 valence electrons. The van der Waals surface area contributed by atoms with Crippen molar-refractivity contribution in [1.82, 2.24) is 10.2 Å². The second-order valence-electron chi connectivity index (χ2n) is 8.41. The number of hydrogen-bond donors (Lipinski definition) is 1. The molecule has 0 aliphatic heterocycles. The van der Waals surface area contributed by atoms with Crippen LogP contribution in [0.25, 0.3) is 0 Å². The monoisotopic (exact) mass is 488 g/mol. The van der Waals surface area contributed by atoms with Gasteiger partial charge in [-0.2, -0.15) is 0 Å². The minimum Gasteiger partial charge on any atom is -0.497 e. The Morgan fingerprint density at radius 1 is 1.15 bits per heavy atom. The molecule has 7 heteroatoms. The lowest BCUT2D eigenvalue weighted by Crippen LogP contribution is -2.51. The molecule has 0 unspecified atom stereocenters. The highest BCUT2D eigenvalue weighted by atomic mass is 35.5.